The lowest BCUT2D eigenvalue weighted by Gasteiger charge is -2.38. The number of carbonyl (C=O) groups is 2. The highest BCUT2D eigenvalue weighted by atomic mass is 32.1. The van der Waals surface area contributed by atoms with Crippen LogP contribution in [0.25, 0.3) is 0 Å². The molecule has 0 bridgehead atoms. The molecule has 2 fully saturated rings. The van der Waals surface area contributed by atoms with Crippen molar-refractivity contribution in [3.05, 3.63) is 22.4 Å². The topological polar surface area (TPSA) is 69.6 Å². The second-order valence-corrected chi connectivity index (χ2v) is 5.81. The van der Waals surface area contributed by atoms with Gasteiger partial charge in [0.1, 0.15) is 0 Å². The van der Waals surface area contributed by atoms with E-state index >= 15 is 0 Å². The standard InChI is InChI=1S/C12H14N2O3S/c15-11(16)7-4-8(5-7)14-6-9(13-12(14)17)10-2-1-3-18-10/h1-3,7-9H,4-6H2,(H,13,17)(H,15,16). The number of thiophene rings is 1. The SMILES string of the molecule is O=C(O)C1CC(N2CC(c3cccs3)NC2=O)C1. The number of aliphatic carboxylic acids is 1. The Hall–Kier alpha value is -1.56. The molecule has 3 rings (SSSR count). The molecule has 0 aromatic carbocycles. The van der Waals surface area contributed by atoms with E-state index in [1.807, 2.05) is 17.5 Å². The van der Waals surface area contributed by atoms with Crippen molar-refractivity contribution in [3.8, 4) is 0 Å². The van der Waals surface area contributed by atoms with Gasteiger partial charge in [0.25, 0.3) is 0 Å². The Balaban J connectivity index is 1.62. The van der Waals surface area contributed by atoms with Crippen molar-refractivity contribution in [2.24, 2.45) is 5.92 Å². The van der Waals surface area contributed by atoms with Gasteiger partial charge in [-0.2, -0.15) is 0 Å². The molecule has 1 atom stereocenters. The third kappa shape index (κ3) is 1.86. The molecule has 1 saturated carbocycles. The number of carbonyl (C=O) groups excluding carboxylic acids is 1. The van der Waals surface area contributed by atoms with Crippen LogP contribution in [0.4, 0.5) is 4.79 Å². The Morgan fingerprint density at radius 1 is 1.50 bits per heavy atom. The van der Waals surface area contributed by atoms with Gasteiger partial charge in [-0.1, -0.05) is 6.07 Å². The first-order valence-electron chi connectivity index (χ1n) is 5.98. The summed E-state index contributed by atoms with van der Waals surface area (Å²) in [5.74, 6) is -1.02. The second-order valence-electron chi connectivity index (χ2n) is 4.83. The zero-order valence-electron chi connectivity index (χ0n) is 9.70. The van der Waals surface area contributed by atoms with E-state index in [4.69, 9.17) is 5.11 Å². The normalized spacial score (nSPS) is 31.0. The molecule has 1 aromatic rings. The van der Waals surface area contributed by atoms with Gasteiger partial charge in [-0.05, 0) is 24.3 Å². The maximum atomic E-state index is 11.9. The molecule has 96 valence electrons. The lowest BCUT2D eigenvalue weighted by molar-refractivity contribution is -0.146. The Morgan fingerprint density at radius 3 is 2.89 bits per heavy atom. The molecule has 1 aromatic heterocycles. The van der Waals surface area contributed by atoms with Crippen LogP contribution < -0.4 is 5.32 Å². The van der Waals surface area contributed by atoms with E-state index in [0.717, 1.165) is 4.88 Å². The smallest absolute Gasteiger partial charge is 0.318 e. The summed E-state index contributed by atoms with van der Waals surface area (Å²) in [7, 11) is 0. The van der Waals surface area contributed by atoms with Gasteiger partial charge in [0, 0.05) is 17.5 Å². The van der Waals surface area contributed by atoms with E-state index in [1.54, 1.807) is 16.2 Å². The summed E-state index contributed by atoms with van der Waals surface area (Å²) in [5.41, 5.74) is 0. The summed E-state index contributed by atoms with van der Waals surface area (Å²) < 4.78 is 0. The van der Waals surface area contributed by atoms with Crippen LogP contribution in [0.1, 0.15) is 23.8 Å². The molecule has 2 N–H and O–H groups in total. The molecule has 1 aliphatic heterocycles. The zero-order chi connectivity index (χ0) is 12.7. The monoisotopic (exact) mass is 266 g/mol. The number of hydrogen-bond donors (Lipinski definition) is 2. The van der Waals surface area contributed by atoms with Crippen LogP contribution >= 0.6 is 11.3 Å². The highest BCUT2D eigenvalue weighted by Gasteiger charge is 2.43. The summed E-state index contributed by atoms with van der Waals surface area (Å²) in [6.45, 7) is 0.649. The number of carboxylic acids is 1. The minimum absolute atomic E-state index is 0.0568. The molecule has 1 aliphatic carbocycles. The molecular formula is C12H14N2O3S. The van der Waals surface area contributed by atoms with E-state index in [1.165, 1.54) is 0 Å². The van der Waals surface area contributed by atoms with Gasteiger partial charge in [0.15, 0.2) is 0 Å². The van der Waals surface area contributed by atoms with Gasteiger partial charge in [0.05, 0.1) is 12.0 Å². The molecule has 18 heavy (non-hydrogen) atoms. The maximum absolute atomic E-state index is 11.9. The number of rotatable bonds is 3. The van der Waals surface area contributed by atoms with Crippen molar-refractivity contribution in [2.75, 3.05) is 6.54 Å². The summed E-state index contributed by atoms with van der Waals surface area (Å²) in [6, 6.07) is 4.07. The summed E-state index contributed by atoms with van der Waals surface area (Å²) >= 11 is 1.63. The fourth-order valence-electron chi connectivity index (χ4n) is 2.57. The summed E-state index contributed by atoms with van der Waals surface area (Å²) in [5, 5.41) is 13.8. The third-order valence-corrected chi connectivity index (χ3v) is 4.71. The van der Waals surface area contributed by atoms with Crippen LogP contribution in [0.5, 0.6) is 0 Å². The molecule has 0 radical (unpaired) electrons. The molecule has 1 unspecified atom stereocenters. The van der Waals surface area contributed by atoms with Crippen molar-refractivity contribution in [1.29, 1.82) is 0 Å². The number of nitrogens with one attached hydrogen (secondary N) is 1. The molecule has 2 amide bonds. The van der Waals surface area contributed by atoms with Gasteiger partial charge in [-0.3, -0.25) is 4.79 Å². The van der Waals surface area contributed by atoms with Crippen molar-refractivity contribution in [2.45, 2.75) is 24.9 Å². The first kappa shape index (κ1) is 11.5. The Morgan fingerprint density at radius 2 is 2.28 bits per heavy atom. The highest BCUT2D eigenvalue weighted by Crippen LogP contribution is 2.35. The fraction of sp³-hybridized carbons (Fsp3) is 0.500. The summed E-state index contributed by atoms with van der Waals surface area (Å²) in [6.07, 6.45) is 1.17. The van der Waals surface area contributed by atoms with Crippen LogP contribution in [0.2, 0.25) is 0 Å². The predicted molar refractivity (Wildman–Crippen MR) is 66.4 cm³/mol. The van der Waals surface area contributed by atoms with Gasteiger partial charge < -0.3 is 15.3 Å². The molecule has 2 aliphatic rings. The highest BCUT2D eigenvalue weighted by molar-refractivity contribution is 7.10. The average molecular weight is 266 g/mol. The maximum Gasteiger partial charge on any atom is 0.318 e. The molecule has 0 spiro atoms. The lowest BCUT2D eigenvalue weighted by Crippen LogP contribution is -2.48. The Kier molecular flexibility index (Phi) is 2.74. The Labute approximate surface area is 108 Å². The number of hydrogen-bond acceptors (Lipinski definition) is 3. The second kappa shape index (κ2) is 4.28. The van der Waals surface area contributed by atoms with E-state index < -0.39 is 5.97 Å². The lowest BCUT2D eigenvalue weighted by atomic mass is 9.79. The van der Waals surface area contributed by atoms with Gasteiger partial charge in [-0.15, -0.1) is 11.3 Å². The van der Waals surface area contributed by atoms with Gasteiger partial charge in [-0.25, -0.2) is 4.79 Å². The van der Waals surface area contributed by atoms with Crippen LogP contribution in [0.3, 0.4) is 0 Å². The van der Waals surface area contributed by atoms with Crippen molar-refractivity contribution >= 4 is 23.3 Å². The molecular weight excluding hydrogens is 252 g/mol. The van der Waals surface area contributed by atoms with E-state index in [9.17, 15) is 9.59 Å². The molecule has 2 heterocycles. The third-order valence-electron chi connectivity index (χ3n) is 3.73. The number of nitrogens with zero attached hydrogens (tertiary/aromatic N) is 1. The number of carboxylic acid groups (broad SMARTS) is 1. The van der Waals surface area contributed by atoms with E-state index in [2.05, 4.69) is 5.32 Å². The van der Waals surface area contributed by atoms with Gasteiger partial charge in [0.2, 0.25) is 0 Å². The number of amides is 2. The number of urea groups is 1. The molecule has 5 nitrogen and oxygen atoms in total. The van der Waals surface area contributed by atoms with E-state index in [0.29, 0.717) is 19.4 Å². The van der Waals surface area contributed by atoms with Crippen LogP contribution in [0.15, 0.2) is 17.5 Å². The van der Waals surface area contributed by atoms with Gasteiger partial charge >= 0.3 is 12.0 Å². The predicted octanol–water partition coefficient (Wildman–Crippen LogP) is 1.68. The van der Waals surface area contributed by atoms with Crippen molar-refractivity contribution in [1.82, 2.24) is 10.2 Å². The fourth-order valence-corrected chi connectivity index (χ4v) is 3.34. The zero-order valence-corrected chi connectivity index (χ0v) is 10.5. The molecule has 6 heteroatoms. The van der Waals surface area contributed by atoms with Crippen LogP contribution in [-0.4, -0.2) is 34.6 Å². The van der Waals surface area contributed by atoms with Crippen LogP contribution in [0, 0.1) is 5.92 Å². The largest absolute Gasteiger partial charge is 0.481 e. The summed E-state index contributed by atoms with van der Waals surface area (Å²) in [4.78, 5) is 25.6. The first-order valence-corrected chi connectivity index (χ1v) is 6.86. The van der Waals surface area contributed by atoms with Crippen molar-refractivity contribution in [3.63, 3.8) is 0 Å². The molecule has 1 saturated heterocycles. The Bertz CT molecular complexity index is 468. The first-order chi connectivity index (χ1) is 8.65. The quantitative estimate of drug-likeness (QED) is 0.874. The average Bonchev–Trinajstić information content (AvgIpc) is 2.85. The minimum atomic E-state index is -0.749. The van der Waals surface area contributed by atoms with Crippen molar-refractivity contribution < 1.29 is 14.7 Å². The van der Waals surface area contributed by atoms with E-state index in [-0.39, 0.29) is 24.0 Å². The minimum Gasteiger partial charge on any atom is -0.481 e. The van der Waals surface area contributed by atoms with Crippen LogP contribution in [-0.2, 0) is 4.79 Å².